The smallest absolute Gasteiger partial charge is 0.353 e. The molecule has 0 aromatic carbocycles. The standard InChI is InChI=1S/C10H12N6O2S/c1-11-9-8(16(17)18)10(14-5-13-9)12-3-2-7-4-19-6-15-7/h4-6H,2-3H2,1H3,(H2,11,12,13,14). The first kappa shape index (κ1) is 13.1. The van der Waals surface area contributed by atoms with E-state index in [0.717, 1.165) is 5.69 Å². The lowest BCUT2D eigenvalue weighted by Gasteiger charge is -2.07. The Balaban J connectivity index is 2.09. The molecule has 2 aromatic rings. The summed E-state index contributed by atoms with van der Waals surface area (Å²) in [5.41, 5.74) is 2.55. The predicted octanol–water partition coefficient (Wildman–Crippen LogP) is 1.54. The minimum Gasteiger partial charge on any atom is -0.367 e. The Morgan fingerprint density at radius 2 is 2.16 bits per heavy atom. The second-order valence-corrected chi connectivity index (χ2v) is 4.30. The van der Waals surface area contributed by atoms with Gasteiger partial charge in [-0.15, -0.1) is 11.3 Å². The first-order chi connectivity index (χ1) is 9.22. The van der Waals surface area contributed by atoms with Crippen molar-refractivity contribution < 1.29 is 4.92 Å². The summed E-state index contributed by atoms with van der Waals surface area (Å²) in [6, 6.07) is 0. The van der Waals surface area contributed by atoms with Gasteiger partial charge in [-0.25, -0.2) is 15.0 Å². The molecule has 0 amide bonds. The zero-order valence-electron chi connectivity index (χ0n) is 10.2. The van der Waals surface area contributed by atoms with Gasteiger partial charge in [-0.05, 0) is 0 Å². The van der Waals surface area contributed by atoms with Crippen molar-refractivity contribution in [3.05, 3.63) is 33.0 Å². The fourth-order valence-electron chi connectivity index (χ4n) is 1.53. The van der Waals surface area contributed by atoms with Crippen LogP contribution in [0.3, 0.4) is 0 Å². The molecule has 2 rings (SSSR count). The van der Waals surface area contributed by atoms with Crippen molar-refractivity contribution in [2.24, 2.45) is 0 Å². The molecule has 0 aliphatic rings. The first-order valence-corrected chi connectivity index (χ1v) is 6.44. The number of hydrogen-bond acceptors (Lipinski definition) is 8. The van der Waals surface area contributed by atoms with Crippen LogP contribution in [0.5, 0.6) is 0 Å². The molecule has 0 spiro atoms. The summed E-state index contributed by atoms with van der Waals surface area (Å²) in [6.45, 7) is 0.519. The molecule has 2 aromatic heterocycles. The van der Waals surface area contributed by atoms with Crippen LogP contribution in [-0.2, 0) is 6.42 Å². The predicted molar refractivity (Wildman–Crippen MR) is 72.5 cm³/mol. The van der Waals surface area contributed by atoms with E-state index in [4.69, 9.17) is 0 Å². The number of anilines is 2. The number of aromatic nitrogens is 3. The van der Waals surface area contributed by atoms with Crippen LogP contribution in [0.2, 0.25) is 0 Å². The maximum absolute atomic E-state index is 11.0. The van der Waals surface area contributed by atoms with Gasteiger partial charge in [-0.3, -0.25) is 10.1 Å². The number of nitrogens with one attached hydrogen (secondary N) is 2. The highest BCUT2D eigenvalue weighted by Crippen LogP contribution is 2.28. The van der Waals surface area contributed by atoms with E-state index in [2.05, 4.69) is 25.6 Å². The number of nitro groups is 1. The Labute approximate surface area is 113 Å². The van der Waals surface area contributed by atoms with Crippen molar-refractivity contribution in [1.29, 1.82) is 0 Å². The number of rotatable bonds is 6. The van der Waals surface area contributed by atoms with Gasteiger partial charge >= 0.3 is 5.69 Å². The van der Waals surface area contributed by atoms with Gasteiger partial charge in [0.1, 0.15) is 6.33 Å². The van der Waals surface area contributed by atoms with E-state index in [-0.39, 0.29) is 17.3 Å². The summed E-state index contributed by atoms with van der Waals surface area (Å²) >= 11 is 1.52. The Bertz CT molecular complexity index is 559. The molecule has 0 fully saturated rings. The molecular weight excluding hydrogens is 268 g/mol. The maximum Gasteiger partial charge on any atom is 0.353 e. The average molecular weight is 280 g/mol. The fraction of sp³-hybridized carbons (Fsp3) is 0.300. The van der Waals surface area contributed by atoms with Crippen LogP contribution in [0.15, 0.2) is 17.2 Å². The van der Waals surface area contributed by atoms with Crippen LogP contribution in [0.4, 0.5) is 17.3 Å². The van der Waals surface area contributed by atoms with E-state index >= 15 is 0 Å². The molecular formula is C10H12N6O2S. The lowest BCUT2D eigenvalue weighted by atomic mass is 10.3. The van der Waals surface area contributed by atoms with Gasteiger partial charge < -0.3 is 10.6 Å². The number of hydrogen-bond donors (Lipinski definition) is 2. The minimum absolute atomic E-state index is 0.150. The summed E-state index contributed by atoms with van der Waals surface area (Å²) in [5, 5.41) is 18.6. The number of nitrogens with zero attached hydrogens (tertiary/aromatic N) is 4. The summed E-state index contributed by atoms with van der Waals surface area (Å²) in [5.74, 6) is 0.399. The summed E-state index contributed by atoms with van der Waals surface area (Å²) in [4.78, 5) is 22.4. The van der Waals surface area contributed by atoms with E-state index in [1.165, 1.54) is 17.7 Å². The lowest BCUT2D eigenvalue weighted by Crippen LogP contribution is -2.10. The molecule has 2 heterocycles. The molecule has 0 saturated heterocycles. The molecule has 9 heteroatoms. The van der Waals surface area contributed by atoms with Gasteiger partial charge in [0.15, 0.2) is 0 Å². The van der Waals surface area contributed by atoms with Crippen LogP contribution < -0.4 is 10.6 Å². The van der Waals surface area contributed by atoms with Crippen molar-refractivity contribution >= 4 is 28.7 Å². The molecule has 0 aliphatic heterocycles. The lowest BCUT2D eigenvalue weighted by molar-refractivity contribution is -0.383. The molecule has 100 valence electrons. The third kappa shape index (κ3) is 3.13. The maximum atomic E-state index is 11.0. The van der Waals surface area contributed by atoms with Gasteiger partial charge in [0.05, 0.1) is 16.1 Å². The van der Waals surface area contributed by atoms with Crippen molar-refractivity contribution in [3.8, 4) is 0 Å². The van der Waals surface area contributed by atoms with E-state index in [0.29, 0.717) is 13.0 Å². The molecule has 0 atom stereocenters. The number of thiazole rings is 1. The third-order valence-corrected chi connectivity index (χ3v) is 3.03. The van der Waals surface area contributed by atoms with E-state index in [1.807, 2.05) is 5.38 Å². The second-order valence-electron chi connectivity index (χ2n) is 3.58. The molecule has 0 aliphatic carbocycles. The highest BCUT2D eigenvalue weighted by atomic mass is 32.1. The average Bonchev–Trinajstić information content (AvgIpc) is 2.91. The van der Waals surface area contributed by atoms with Crippen molar-refractivity contribution in [2.75, 3.05) is 24.2 Å². The Morgan fingerprint density at radius 3 is 2.79 bits per heavy atom. The van der Waals surface area contributed by atoms with Gasteiger partial charge in [0, 0.05) is 25.4 Å². The second kappa shape index (κ2) is 6.05. The third-order valence-electron chi connectivity index (χ3n) is 2.40. The molecule has 8 nitrogen and oxygen atoms in total. The van der Waals surface area contributed by atoms with E-state index < -0.39 is 4.92 Å². The quantitative estimate of drug-likeness (QED) is 0.610. The van der Waals surface area contributed by atoms with Crippen molar-refractivity contribution in [1.82, 2.24) is 15.0 Å². The van der Waals surface area contributed by atoms with Crippen LogP contribution >= 0.6 is 11.3 Å². The SMILES string of the molecule is CNc1ncnc(NCCc2cscn2)c1[N+](=O)[O-]. The monoisotopic (exact) mass is 280 g/mol. The summed E-state index contributed by atoms with van der Waals surface area (Å²) in [6.07, 6.45) is 1.96. The summed E-state index contributed by atoms with van der Waals surface area (Å²) < 4.78 is 0. The Kier molecular flexibility index (Phi) is 4.18. The topological polar surface area (TPSA) is 106 Å². The molecule has 0 saturated carbocycles. The zero-order chi connectivity index (χ0) is 13.7. The minimum atomic E-state index is -0.503. The van der Waals surface area contributed by atoms with Crippen molar-refractivity contribution in [2.45, 2.75) is 6.42 Å². The highest BCUT2D eigenvalue weighted by molar-refractivity contribution is 7.07. The fourth-order valence-corrected chi connectivity index (χ4v) is 2.13. The molecule has 0 bridgehead atoms. The summed E-state index contributed by atoms with van der Waals surface area (Å²) in [7, 11) is 1.58. The van der Waals surface area contributed by atoms with Gasteiger partial charge in [0.25, 0.3) is 0 Å². The first-order valence-electron chi connectivity index (χ1n) is 5.50. The largest absolute Gasteiger partial charge is 0.367 e. The molecule has 19 heavy (non-hydrogen) atoms. The zero-order valence-corrected chi connectivity index (χ0v) is 11.0. The Morgan fingerprint density at radius 1 is 1.37 bits per heavy atom. The highest BCUT2D eigenvalue weighted by Gasteiger charge is 2.21. The molecule has 0 radical (unpaired) electrons. The van der Waals surface area contributed by atoms with E-state index in [9.17, 15) is 10.1 Å². The van der Waals surface area contributed by atoms with Crippen LogP contribution in [0, 0.1) is 10.1 Å². The van der Waals surface area contributed by atoms with Crippen molar-refractivity contribution in [3.63, 3.8) is 0 Å². The molecule has 0 unspecified atom stereocenters. The normalized spacial score (nSPS) is 10.2. The van der Waals surface area contributed by atoms with Crippen LogP contribution in [0.25, 0.3) is 0 Å². The van der Waals surface area contributed by atoms with Gasteiger partial charge in [-0.1, -0.05) is 0 Å². The van der Waals surface area contributed by atoms with Crippen LogP contribution in [0.1, 0.15) is 5.69 Å². The Hall–Kier alpha value is -2.29. The van der Waals surface area contributed by atoms with Gasteiger partial charge in [0.2, 0.25) is 11.6 Å². The van der Waals surface area contributed by atoms with Crippen LogP contribution in [-0.4, -0.2) is 33.5 Å². The van der Waals surface area contributed by atoms with Gasteiger partial charge in [-0.2, -0.15) is 0 Å². The molecule has 2 N–H and O–H groups in total. The van der Waals surface area contributed by atoms with E-state index in [1.54, 1.807) is 12.6 Å².